The molecule has 0 saturated carbocycles. The van der Waals surface area contributed by atoms with Crippen molar-refractivity contribution in [3.05, 3.63) is 58.9 Å². The Balaban J connectivity index is 2.17. The quantitative estimate of drug-likeness (QED) is 0.810. The molecular formula is C14H12ClN3O. The number of benzene rings is 1. The molecule has 0 aliphatic carbocycles. The van der Waals surface area contributed by atoms with Gasteiger partial charge >= 0.3 is 6.03 Å². The first-order valence-electron chi connectivity index (χ1n) is 5.91. The van der Waals surface area contributed by atoms with Gasteiger partial charge in [0, 0.05) is 12.6 Å². The summed E-state index contributed by atoms with van der Waals surface area (Å²) in [4.78, 5) is 17.7. The van der Waals surface area contributed by atoms with Gasteiger partial charge in [0.05, 0.1) is 17.9 Å². The lowest BCUT2D eigenvalue weighted by Gasteiger charge is -2.34. The molecule has 1 atom stereocenters. The Hall–Kier alpha value is -2.07. The molecule has 2 aromatic rings. The Kier molecular flexibility index (Phi) is 2.87. The lowest BCUT2D eigenvalue weighted by Crippen LogP contribution is -2.40. The zero-order valence-corrected chi connectivity index (χ0v) is 11.1. The number of halogens is 1. The number of hydrogen-bond acceptors (Lipinski definition) is 2. The summed E-state index contributed by atoms with van der Waals surface area (Å²) in [5.74, 6) is 0. The average Bonchev–Trinajstić information content (AvgIpc) is 2.42. The molecule has 0 spiro atoms. The summed E-state index contributed by atoms with van der Waals surface area (Å²) in [6.07, 6.45) is 1.60. The SMILES string of the molecule is CN1C(=O)Nc2cnc(Cl)cc2C1c1ccccc1. The Morgan fingerprint density at radius 1 is 1.32 bits per heavy atom. The summed E-state index contributed by atoms with van der Waals surface area (Å²) in [6, 6.07) is 11.4. The zero-order chi connectivity index (χ0) is 13.4. The molecule has 1 aliphatic heterocycles. The Morgan fingerprint density at radius 2 is 2.05 bits per heavy atom. The van der Waals surface area contributed by atoms with E-state index in [2.05, 4.69) is 10.3 Å². The fourth-order valence-corrected chi connectivity index (χ4v) is 2.51. The van der Waals surface area contributed by atoms with Gasteiger partial charge in [-0.1, -0.05) is 41.9 Å². The largest absolute Gasteiger partial charge is 0.322 e. The number of carbonyl (C=O) groups excluding carboxylic acids is 1. The first kappa shape index (κ1) is 12.0. The Labute approximate surface area is 116 Å². The van der Waals surface area contributed by atoms with Crippen molar-refractivity contribution in [3.8, 4) is 0 Å². The van der Waals surface area contributed by atoms with Gasteiger partial charge in [0.25, 0.3) is 0 Å². The highest BCUT2D eigenvalue weighted by molar-refractivity contribution is 6.29. The molecule has 0 saturated heterocycles. The lowest BCUT2D eigenvalue weighted by molar-refractivity contribution is 0.209. The van der Waals surface area contributed by atoms with Crippen molar-refractivity contribution in [2.45, 2.75) is 6.04 Å². The number of fused-ring (bicyclic) bond motifs is 1. The Morgan fingerprint density at radius 3 is 2.79 bits per heavy atom. The number of rotatable bonds is 1. The van der Waals surface area contributed by atoms with Crippen LogP contribution >= 0.6 is 11.6 Å². The maximum Gasteiger partial charge on any atom is 0.322 e. The number of urea groups is 1. The fraction of sp³-hybridized carbons (Fsp3) is 0.143. The summed E-state index contributed by atoms with van der Waals surface area (Å²) >= 11 is 5.97. The van der Waals surface area contributed by atoms with Gasteiger partial charge < -0.3 is 10.2 Å². The topological polar surface area (TPSA) is 45.2 Å². The van der Waals surface area contributed by atoms with E-state index in [9.17, 15) is 4.79 Å². The molecular weight excluding hydrogens is 262 g/mol. The lowest BCUT2D eigenvalue weighted by atomic mass is 9.95. The molecule has 2 amide bonds. The van der Waals surface area contributed by atoms with E-state index in [0.717, 1.165) is 11.1 Å². The second-order valence-corrected chi connectivity index (χ2v) is 4.84. The van der Waals surface area contributed by atoms with Crippen LogP contribution in [0.5, 0.6) is 0 Å². The molecule has 1 N–H and O–H groups in total. The second-order valence-electron chi connectivity index (χ2n) is 4.45. The molecule has 1 aliphatic rings. The molecule has 0 bridgehead atoms. The van der Waals surface area contributed by atoms with Gasteiger partial charge in [0.2, 0.25) is 0 Å². The zero-order valence-electron chi connectivity index (χ0n) is 10.3. The van der Waals surface area contributed by atoms with Crippen LogP contribution in [0, 0.1) is 0 Å². The molecule has 1 aromatic carbocycles. The minimum absolute atomic E-state index is 0.148. The maximum atomic E-state index is 12.0. The molecule has 1 aromatic heterocycles. The minimum Gasteiger partial charge on any atom is -0.316 e. The summed E-state index contributed by atoms with van der Waals surface area (Å²) in [6.45, 7) is 0. The van der Waals surface area contributed by atoms with E-state index in [1.54, 1.807) is 24.2 Å². The van der Waals surface area contributed by atoms with E-state index >= 15 is 0 Å². The van der Waals surface area contributed by atoms with Gasteiger partial charge in [-0.2, -0.15) is 0 Å². The standard InChI is InChI=1S/C14H12ClN3O/c1-18-13(9-5-3-2-4-6-9)10-7-12(15)16-8-11(10)17-14(18)19/h2-8,13H,1H3,(H,17,19). The van der Waals surface area contributed by atoms with Gasteiger partial charge in [0.15, 0.2) is 0 Å². The summed E-state index contributed by atoms with van der Waals surface area (Å²) in [7, 11) is 1.77. The summed E-state index contributed by atoms with van der Waals surface area (Å²) in [5.41, 5.74) is 2.71. The second kappa shape index (κ2) is 4.55. The Bertz CT molecular complexity index is 630. The predicted molar refractivity (Wildman–Crippen MR) is 74.3 cm³/mol. The maximum absolute atomic E-state index is 12.0. The van der Waals surface area contributed by atoms with E-state index in [0.29, 0.717) is 10.8 Å². The first-order chi connectivity index (χ1) is 9.16. The average molecular weight is 274 g/mol. The van der Waals surface area contributed by atoms with E-state index in [1.807, 2.05) is 30.3 Å². The number of nitrogens with one attached hydrogen (secondary N) is 1. The van der Waals surface area contributed by atoms with Gasteiger partial charge in [-0.05, 0) is 11.6 Å². The van der Waals surface area contributed by atoms with Crippen LogP contribution in [0.15, 0.2) is 42.6 Å². The van der Waals surface area contributed by atoms with Crippen molar-refractivity contribution in [1.82, 2.24) is 9.88 Å². The number of anilines is 1. The smallest absolute Gasteiger partial charge is 0.316 e. The number of amides is 2. The van der Waals surface area contributed by atoms with Gasteiger partial charge in [-0.3, -0.25) is 0 Å². The number of aromatic nitrogens is 1. The van der Waals surface area contributed by atoms with Crippen LogP contribution in [-0.4, -0.2) is 23.0 Å². The van der Waals surface area contributed by atoms with Crippen molar-refractivity contribution >= 4 is 23.3 Å². The van der Waals surface area contributed by atoms with Crippen molar-refractivity contribution in [2.75, 3.05) is 12.4 Å². The third-order valence-corrected chi connectivity index (χ3v) is 3.47. The molecule has 2 heterocycles. The highest BCUT2D eigenvalue weighted by Crippen LogP contribution is 2.37. The van der Waals surface area contributed by atoms with Crippen LogP contribution in [0.4, 0.5) is 10.5 Å². The first-order valence-corrected chi connectivity index (χ1v) is 6.29. The number of carbonyl (C=O) groups is 1. The van der Waals surface area contributed by atoms with Crippen LogP contribution < -0.4 is 5.32 Å². The third kappa shape index (κ3) is 2.04. The van der Waals surface area contributed by atoms with Crippen LogP contribution in [0.2, 0.25) is 5.15 Å². The minimum atomic E-state index is -0.148. The van der Waals surface area contributed by atoms with E-state index in [4.69, 9.17) is 11.6 Å². The number of hydrogen-bond donors (Lipinski definition) is 1. The van der Waals surface area contributed by atoms with Crippen LogP contribution in [0.25, 0.3) is 0 Å². The normalized spacial score (nSPS) is 17.9. The van der Waals surface area contributed by atoms with E-state index in [-0.39, 0.29) is 12.1 Å². The van der Waals surface area contributed by atoms with Gasteiger partial charge in [-0.15, -0.1) is 0 Å². The van der Waals surface area contributed by atoms with Crippen molar-refractivity contribution in [2.24, 2.45) is 0 Å². The van der Waals surface area contributed by atoms with Crippen LogP contribution in [0.1, 0.15) is 17.2 Å². The van der Waals surface area contributed by atoms with E-state index in [1.165, 1.54) is 0 Å². The number of pyridine rings is 1. The van der Waals surface area contributed by atoms with Crippen LogP contribution in [0.3, 0.4) is 0 Å². The summed E-state index contributed by atoms with van der Waals surface area (Å²) < 4.78 is 0. The summed E-state index contributed by atoms with van der Waals surface area (Å²) in [5, 5.41) is 3.22. The molecule has 0 fully saturated rings. The molecule has 5 heteroatoms. The molecule has 19 heavy (non-hydrogen) atoms. The molecule has 4 nitrogen and oxygen atoms in total. The highest BCUT2D eigenvalue weighted by atomic mass is 35.5. The molecule has 0 radical (unpaired) electrons. The van der Waals surface area contributed by atoms with Crippen molar-refractivity contribution < 1.29 is 4.79 Å². The highest BCUT2D eigenvalue weighted by Gasteiger charge is 2.31. The van der Waals surface area contributed by atoms with Crippen molar-refractivity contribution in [3.63, 3.8) is 0 Å². The molecule has 96 valence electrons. The monoisotopic (exact) mass is 273 g/mol. The molecule has 1 unspecified atom stereocenters. The van der Waals surface area contributed by atoms with E-state index < -0.39 is 0 Å². The fourth-order valence-electron chi connectivity index (χ4n) is 2.34. The van der Waals surface area contributed by atoms with Gasteiger partial charge in [-0.25, -0.2) is 9.78 Å². The number of nitrogens with zero attached hydrogens (tertiary/aromatic N) is 2. The predicted octanol–water partition coefficient (Wildman–Crippen LogP) is 3.30. The van der Waals surface area contributed by atoms with Crippen LogP contribution in [-0.2, 0) is 0 Å². The van der Waals surface area contributed by atoms with Crippen molar-refractivity contribution in [1.29, 1.82) is 0 Å². The molecule has 3 rings (SSSR count). The third-order valence-electron chi connectivity index (χ3n) is 3.26. The van der Waals surface area contributed by atoms with Gasteiger partial charge in [0.1, 0.15) is 5.15 Å².